The second-order valence-electron chi connectivity index (χ2n) is 11.4. The van der Waals surface area contributed by atoms with E-state index in [0.717, 1.165) is 41.8 Å². The van der Waals surface area contributed by atoms with Gasteiger partial charge in [-0.25, -0.2) is 21.2 Å². The lowest BCUT2D eigenvalue weighted by Crippen LogP contribution is -2.46. The van der Waals surface area contributed by atoms with E-state index in [1.54, 1.807) is 0 Å². The number of benzene rings is 2. The molecular formula is C28H33ClF4N2O7S2. The highest BCUT2D eigenvalue weighted by Crippen LogP contribution is 2.40. The number of fused-ring (bicyclic) bond motifs is 1. The van der Waals surface area contributed by atoms with E-state index < -0.39 is 61.2 Å². The molecule has 0 spiro atoms. The van der Waals surface area contributed by atoms with Crippen LogP contribution in [0.5, 0.6) is 5.75 Å². The average Bonchev–Trinajstić information content (AvgIpc) is 2.92. The third kappa shape index (κ3) is 7.43. The van der Waals surface area contributed by atoms with E-state index in [0.29, 0.717) is 20.4 Å². The van der Waals surface area contributed by atoms with Crippen molar-refractivity contribution in [3.8, 4) is 5.75 Å². The van der Waals surface area contributed by atoms with Crippen molar-refractivity contribution < 1.29 is 48.7 Å². The summed E-state index contributed by atoms with van der Waals surface area (Å²) >= 11 is 5.85. The predicted octanol–water partition coefficient (Wildman–Crippen LogP) is 5.46. The minimum Gasteiger partial charge on any atom is -0.486 e. The molecule has 0 amide bonds. The van der Waals surface area contributed by atoms with Gasteiger partial charge in [-0.15, -0.1) is 0 Å². The van der Waals surface area contributed by atoms with Crippen LogP contribution in [0.2, 0.25) is 5.02 Å². The van der Waals surface area contributed by atoms with Crippen LogP contribution in [0.1, 0.15) is 52.0 Å². The van der Waals surface area contributed by atoms with Crippen LogP contribution in [0.4, 0.5) is 23.2 Å². The number of hydrogen-bond donors (Lipinski definition) is 0. The first-order valence-corrected chi connectivity index (χ1v) is 17.3. The Balaban J connectivity index is 1.64. The predicted molar refractivity (Wildman–Crippen MR) is 155 cm³/mol. The molecule has 2 aromatic carbocycles. The highest BCUT2D eigenvalue weighted by atomic mass is 35.5. The quantitative estimate of drug-likeness (QED) is 0.255. The molecule has 0 aromatic heterocycles. The fourth-order valence-corrected chi connectivity index (χ4v) is 8.66. The SMILES string of the molecule is CC1CCCCN1S(=O)(=O)CC[C@H]1CN(S(=O)(=O)c2ccc(F)c(Cl)c2)c2cc(CC(=O)OC(C)(C)C(F)(F)F)ccc2O1. The van der Waals surface area contributed by atoms with Crippen molar-refractivity contribution in [1.29, 1.82) is 0 Å². The largest absolute Gasteiger partial charge is 0.486 e. The Morgan fingerprint density at radius 3 is 2.43 bits per heavy atom. The lowest BCUT2D eigenvalue weighted by molar-refractivity contribution is -0.257. The molecule has 0 aliphatic carbocycles. The van der Waals surface area contributed by atoms with Gasteiger partial charge in [0.25, 0.3) is 10.0 Å². The van der Waals surface area contributed by atoms with Gasteiger partial charge in [0.2, 0.25) is 15.6 Å². The Kier molecular flexibility index (Phi) is 9.84. The summed E-state index contributed by atoms with van der Waals surface area (Å²) < 4.78 is 120. The van der Waals surface area contributed by atoms with Gasteiger partial charge in [-0.3, -0.25) is 9.10 Å². The second kappa shape index (κ2) is 12.6. The van der Waals surface area contributed by atoms with E-state index in [1.165, 1.54) is 22.5 Å². The smallest absolute Gasteiger partial charge is 0.427 e. The van der Waals surface area contributed by atoms with Gasteiger partial charge in [-0.2, -0.15) is 17.5 Å². The lowest BCUT2D eigenvalue weighted by atomic mass is 10.1. The summed E-state index contributed by atoms with van der Waals surface area (Å²) in [6, 6.07) is 6.66. The van der Waals surface area contributed by atoms with Gasteiger partial charge in [0.05, 0.1) is 34.3 Å². The number of hydrogen-bond acceptors (Lipinski definition) is 7. The molecule has 44 heavy (non-hydrogen) atoms. The van der Waals surface area contributed by atoms with E-state index in [-0.39, 0.29) is 46.7 Å². The van der Waals surface area contributed by atoms with Crippen LogP contribution < -0.4 is 9.04 Å². The molecule has 2 atom stereocenters. The average molecular weight is 685 g/mol. The van der Waals surface area contributed by atoms with Crippen LogP contribution in [0, 0.1) is 5.82 Å². The molecule has 1 fully saturated rings. The second-order valence-corrected chi connectivity index (χ2v) is 15.7. The molecule has 16 heteroatoms. The molecule has 0 saturated carbocycles. The van der Waals surface area contributed by atoms with E-state index >= 15 is 0 Å². The number of carbonyl (C=O) groups is 1. The molecule has 1 unspecified atom stereocenters. The minimum absolute atomic E-state index is 0.0366. The van der Waals surface area contributed by atoms with Crippen molar-refractivity contribution in [2.45, 2.75) is 81.7 Å². The Morgan fingerprint density at radius 2 is 1.80 bits per heavy atom. The third-order valence-electron chi connectivity index (χ3n) is 7.63. The van der Waals surface area contributed by atoms with E-state index in [4.69, 9.17) is 16.3 Å². The van der Waals surface area contributed by atoms with Gasteiger partial charge in [0, 0.05) is 19.0 Å². The van der Waals surface area contributed by atoms with Crippen molar-refractivity contribution in [2.24, 2.45) is 0 Å². The Hall–Kier alpha value is -2.62. The topological polar surface area (TPSA) is 110 Å². The van der Waals surface area contributed by atoms with E-state index in [2.05, 4.69) is 4.74 Å². The molecule has 0 radical (unpaired) electrons. The van der Waals surface area contributed by atoms with Crippen LogP contribution in [0.3, 0.4) is 0 Å². The van der Waals surface area contributed by atoms with Gasteiger partial charge < -0.3 is 9.47 Å². The molecule has 4 rings (SSSR count). The van der Waals surface area contributed by atoms with E-state index in [9.17, 15) is 39.2 Å². The monoisotopic (exact) mass is 684 g/mol. The summed E-state index contributed by atoms with van der Waals surface area (Å²) in [6.07, 6.45) is -3.99. The minimum atomic E-state index is -4.82. The number of esters is 1. The molecule has 2 aliphatic heterocycles. The van der Waals surface area contributed by atoms with Gasteiger partial charge in [-0.05, 0) is 69.5 Å². The molecule has 0 N–H and O–H groups in total. The van der Waals surface area contributed by atoms with Crippen LogP contribution in [-0.4, -0.2) is 69.9 Å². The van der Waals surface area contributed by atoms with Gasteiger partial charge in [0.15, 0.2) is 0 Å². The van der Waals surface area contributed by atoms with Crippen LogP contribution in [0.25, 0.3) is 0 Å². The zero-order valence-electron chi connectivity index (χ0n) is 24.2. The van der Waals surface area contributed by atoms with Crippen molar-refractivity contribution in [1.82, 2.24) is 4.31 Å². The Morgan fingerprint density at radius 1 is 1.09 bits per heavy atom. The van der Waals surface area contributed by atoms with Crippen molar-refractivity contribution in [2.75, 3.05) is 23.1 Å². The van der Waals surface area contributed by atoms with Crippen molar-refractivity contribution in [3.63, 3.8) is 0 Å². The normalized spacial score (nSPS) is 20.1. The first-order chi connectivity index (χ1) is 20.3. The molecule has 244 valence electrons. The summed E-state index contributed by atoms with van der Waals surface area (Å²) in [5.74, 6) is -2.30. The van der Waals surface area contributed by atoms with Gasteiger partial charge >= 0.3 is 12.1 Å². The first-order valence-electron chi connectivity index (χ1n) is 13.9. The van der Waals surface area contributed by atoms with Gasteiger partial charge in [-0.1, -0.05) is 24.1 Å². The summed E-state index contributed by atoms with van der Waals surface area (Å²) in [5.41, 5.74) is -2.67. The highest BCUT2D eigenvalue weighted by molar-refractivity contribution is 7.92. The number of sulfonamides is 2. The number of carbonyl (C=O) groups excluding carboxylic acids is 1. The zero-order valence-corrected chi connectivity index (χ0v) is 26.6. The lowest BCUT2D eigenvalue weighted by Gasteiger charge is -2.37. The van der Waals surface area contributed by atoms with Crippen LogP contribution in [0.15, 0.2) is 41.3 Å². The fraction of sp³-hybridized carbons (Fsp3) is 0.536. The Bertz CT molecular complexity index is 1620. The molecule has 1 saturated heterocycles. The molecule has 2 aliphatic rings. The molecular weight excluding hydrogens is 652 g/mol. The Labute approximate surface area is 259 Å². The molecule has 9 nitrogen and oxygen atoms in total. The number of rotatable bonds is 9. The first kappa shape index (κ1) is 34.3. The number of alkyl halides is 3. The third-order valence-corrected chi connectivity index (χ3v) is 11.7. The zero-order chi connectivity index (χ0) is 32.7. The van der Waals surface area contributed by atoms with Gasteiger partial charge in [0.1, 0.15) is 17.7 Å². The fourth-order valence-electron chi connectivity index (χ4n) is 5.04. The van der Waals surface area contributed by atoms with Crippen LogP contribution in [-0.2, 0) is 36.0 Å². The number of nitrogens with zero attached hydrogens (tertiary/aromatic N) is 2. The maximum atomic E-state index is 13.9. The number of halogens is 5. The summed E-state index contributed by atoms with van der Waals surface area (Å²) in [6.45, 7) is 3.31. The van der Waals surface area contributed by atoms with E-state index in [1.807, 2.05) is 6.92 Å². The van der Waals surface area contributed by atoms with Crippen molar-refractivity contribution in [3.05, 3.63) is 52.8 Å². The highest BCUT2D eigenvalue weighted by Gasteiger charge is 2.50. The molecule has 2 aromatic rings. The molecule has 0 bridgehead atoms. The summed E-state index contributed by atoms with van der Waals surface area (Å²) in [4.78, 5) is 12.0. The van der Waals surface area contributed by atoms with Crippen LogP contribution >= 0.6 is 11.6 Å². The number of anilines is 1. The number of piperidine rings is 1. The van der Waals surface area contributed by atoms with Crippen molar-refractivity contribution >= 4 is 43.3 Å². The summed E-state index contributed by atoms with van der Waals surface area (Å²) in [5, 5.41) is -0.443. The standard InChI is InChI=1S/C28H33ClF4N2O7S2/c1-18-6-4-5-12-34(18)43(37,38)13-11-20-17-35(44(39,40)21-8-9-23(30)22(29)16-21)24-14-19(7-10-25(24)41-20)15-26(36)42-27(2,3)28(31,32)33/h7-10,14,16,18,20H,4-6,11-13,15,17H2,1-3H3/t18?,20-/m0/s1. The summed E-state index contributed by atoms with van der Waals surface area (Å²) in [7, 11) is -8.12. The molecule has 2 heterocycles. The maximum Gasteiger partial charge on any atom is 0.427 e. The number of ether oxygens (including phenoxy) is 2. The maximum absolute atomic E-state index is 13.9.